The molecule has 1 amide bonds. The number of hydrogen-bond donors (Lipinski definition) is 1. The van der Waals surface area contributed by atoms with Crippen LogP contribution >= 0.6 is 27.5 Å². The summed E-state index contributed by atoms with van der Waals surface area (Å²) in [7, 11) is 1.87. The van der Waals surface area contributed by atoms with Crippen LogP contribution in [0.4, 0.5) is 5.69 Å². The third-order valence-corrected chi connectivity index (χ3v) is 5.99. The number of rotatable bonds is 9. The van der Waals surface area contributed by atoms with Gasteiger partial charge in [0.2, 0.25) is 5.91 Å². The quantitative estimate of drug-likeness (QED) is 0.302. The lowest BCUT2D eigenvalue weighted by Gasteiger charge is -2.15. The molecule has 1 N–H and O–H groups in total. The van der Waals surface area contributed by atoms with Crippen LogP contribution in [0.15, 0.2) is 71.5 Å². The zero-order valence-corrected chi connectivity index (χ0v) is 20.4. The van der Waals surface area contributed by atoms with Gasteiger partial charge >= 0.3 is 0 Å². The average molecular weight is 527 g/mol. The third kappa shape index (κ3) is 6.06. The Labute approximate surface area is 206 Å². The highest BCUT2D eigenvalue weighted by Crippen LogP contribution is 2.36. The predicted octanol–water partition coefficient (Wildman–Crippen LogP) is 5.75. The summed E-state index contributed by atoms with van der Waals surface area (Å²) < 4.78 is 10.7. The van der Waals surface area contributed by atoms with Crippen molar-refractivity contribution in [2.45, 2.75) is 19.4 Å². The number of nitrogens with one attached hydrogen (secondary N) is 1. The fourth-order valence-electron chi connectivity index (χ4n) is 3.49. The molecule has 8 heteroatoms. The molecule has 0 aliphatic rings. The second-order valence-corrected chi connectivity index (χ2v) is 8.82. The van der Waals surface area contributed by atoms with Crippen LogP contribution in [-0.2, 0) is 24.8 Å². The molecule has 0 unspecified atom stereocenters. The summed E-state index contributed by atoms with van der Waals surface area (Å²) in [5.41, 5.74) is 3.48. The van der Waals surface area contributed by atoms with E-state index in [1.165, 1.54) is 0 Å². The second kappa shape index (κ2) is 10.7. The highest BCUT2D eigenvalue weighted by molar-refractivity contribution is 9.10. The summed E-state index contributed by atoms with van der Waals surface area (Å²) in [4.78, 5) is 12.6. The Morgan fingerprint density at radius 3 is 2.76 bits per heavy atom. The fourth-order valence-corrected chi connectivity index (χ4v) is 4.17. The van der Waals surface area contributed by atoms with E-state index in [1.54, 1.807) is 10.9 Å². The van der Waals surface area contributed by atoms with E-state index in [0.29, 0.717) is 42.5 Å². The van der Waals surface area contributed by atoms with E-state index in [1.807, 2.05) is 72.4 Å². The lowest BCUT2D eigenvalue weighted by Crippen LogP contribution is -2.13. The summed E-state index contributed by atoms with van der Waals surface area (Å²) in [6.07, 6.45) is 7.81. The molecule has 0 spiro atoms. The summed E-state index contributed by atoms with van der Waals surface area (Å²) in [5, 5.41) is 8.00. The normalized spacial score (nSPS) is 10.9. The van der Waals surface area contributed by atoms with Gasteiger partial charge in [0.25, 0.3) is 0 Å². The van der Waals surface area contributed by atoms with Gasteiger partial charge in [-0.05, 0) is 70.4 Å². The number of nitrogens with zero attached hydrogens (tertiary/aromatic N) is 3. The van der Waals surface area contributed by atoms with Crippen molar-refractivity contribution in [3.63, 3.8) is 0 Å². The van der Waals surface area contributed by atoms with E-state index in [2.05, 4.69) is 32.5 Å². The van der Waals surface area contributed by atoms with Gasteiger partial charge in [0, 0.05) is 35.9 Å². The number of halogens is 2. The van der Waals surface area contributed by atoms with Gasteiger partial charge in [-0.2, -0.15) is 5.10 Å². The maximum absolute atomic E-state index is 12.6. The van der Waals surface area contributed by atoms with Crippen LogP contribution in [0.25, 0.3) is 11.3 Å². The molecule has 2 aromatic heterocycles. The molecule has 0 aliphatic heterocycles. The van der Waals surface area contributed by atoms with Crippen molar-refractivity contribution in [2.75, 3.05) is 11.9 Å². The van der Waals surface area contributed by atoms with Gasteiger partial charge in [0.1, 0.15) is 12.4 Å². The van der Waals surface area contributed by atoms with Crippen LogP contribution in [0.5, 0.6) is 5.75 Å². The van der Waals surface area contributed by atoms with Gasteiger partial charge in [-0.1, -0.05) is 23.7 Å². The van der Waals surface area contributed by atoms with E-state index < -0.39 is 0 Å². The predicted molar refractivity (Wildman–Crippen MR) is 134 cm³/mol. The molecule has 1 radical (unpaired) electrons. The first-order chi connectivity index (χ1) is 16.0. The van der Waals surface area contributed by atoms with Crippen molar-refractivity contribution in [3.05, 3.63) is 88.2 Å². The Bertz CT molecular complexity index is 1200. The molecule has 0 saturated heterocycles. The van der Waals surface area contributed by atoms with E-state index in [0.717, 1.165) is 21.3 Å². The zero-order chi connectivity index (χ0) is 23.2. The number of carbonyl (C=O) groups is 1. The molecular formula is C25H23BrClN4O2. The topological polar surface area (TPSA) is 61.1 Å². The van der Waals surface area contributed by atoms with Crippen molar-refractivity contribution in [2.24, 2.45) is 7.05 Å². The molecule has 0 aliphatic carbocycles. The van der Waals surface area contributed by atoms with Gasteiger partial charge in [0.05, 0.1) is 29.1 Å². The average Bonchev–Trinajstić information content (AvgIpc) is 3.44. The molecule has 0 atom stereocenters. The van der Waals surface area contributed by atoms with Crippen LogP contribution in [0.3, 0.4) is 0 Å². The fraction of sp³-hybridized carbons (Fsp3) is 0.200. The number of ether oxygens (including phenoxy) is 1. The molecule has 4 rings (SSSR count). The van der Waals surface area contributed by atoms with Crippen LogP contribution in [0, 0.1) is 6.20 Å². The number of benzene rings is 2. The Hall–Kier alpha value is -3.03. The van der Waals surface area contributed by atoms with Crippen LogP contribution < -0.4 is 10.1 Å². The Morgan fingerprint density at radius 1 is 1.24 bits per heavy atom. The second-order valence-electron chi connectivity index (χ2n) is 7.53. The van der Waals surface area contributed by atoms with E-state index in [9.17, 15) is 4.79 Å². The summed E-state index contributed by atoms with van der Waals surface area (Å²) >= 11 is 9.50. The number of anilines is 1. The van der Waals surface area contributed by atoms with Crippen molar-refractivity contribution in [1.82, 2.24) is 14.3 Å². The first-order valence-corrected chi connectivity index (χ1v) is 11.7. The SMILES string of the molecule is Cn1ncc(Br)c1-c1cc(NC(=O)CCc2ccc(Cl)cc2)ccc1OCCn1[c]ccc1. The standard InChI is InChI=1S/C25H23BrClN4O2/c1-30-25(22(26)17-28-30)21-16-20(9-10-23(21)33-15-14-31-12-2-3-13-31)29-24(32)11-6-18-4-7-19(27)8-5-18/h2-5,7-10,12,16-17H,6,11,14-15H2,1H3,(H,29,32). The minimum atomic E-state index is -0.0585. The maximum Gasteiger partial charge on any atom is 0.224 e. The van der Waals surface area contributed by atoms with Crippen molar-refractivity contribution < 1.29 is 9.53 Å². The monoisotopic (exact) mass is 525 g/mol. The number of carbonyl (C=O) groups excluding carboxylic acids is 1. The van der Waals surface area contributed by atoms with Crippen molar-refractivity contribution in [1.29, 1.82) is 0 Å². The molecule has 169 valence electrons. The lowest BCUT2D eigenvalue weighted by atomic mass is 10.1. The van der Waals surface area contributed by atoms with Crippen LogP contribution in [0.2, 0.25) is 5.02 Å². The smallest absolute Gasteiger partial charge is 0.224 e. The minimum Gasteiger partial charge on any atom is -0.491 e. The molecule has 0 bridgehead atoms. The first kappa shape index (κ1) is 23.1. The largest absolute Gasteiger partial charge is 0.491 e. The van der Waals surface area contributed by atoms with Gasteiger partial charge < -0.3 is 14.6 Å². The minimum absolute atomic E-state index is 0.0585. The summed E-state index contributed by atoms with van der Waals surface area (Å²) in [6.45, 7) is 1.17. The van der Waals surface area contributed by atoms with Crippen molar-refractivity contribution >= 4 is 39.1 Å². The first-order valence-electron chi connectivity index (χ1n) is 10.5. The van der Waals surface area contributed by atoms with E-state index in [4.69, 9.17) is 16.3 Å². The number of aromatic nitrogens is 3. The molecule has 6 nitrogen and oxygen atoms in total. The number of amides is 1. The molecule has 0 saturated carbocycles. The molecule has 0 fully saturated rings. The van der Waals surface area contributed by atoms with E-state index >= 15 is 0 Å². The van der Waals surface area contributed by atoms with Gasteiger partial charge in [-0.25, -0.2) is 0 Å². The Kier molecular flexibility index (Phi) is 7.52. The lowest BCUT2D eigenvalue weighted by molar-refractivity contribution is -0.116. The molecule has 2 heterocycles. The number of aryl methyl sites for hydroxylation is 2. The molecule has 2 aromatic carbocycles. The Balaban J connectivity index is 1.48. The third-order valence-electron chi connectivity index (χ3n) is 5.16. The van der Waals surface area contributed by atoms with Crippen molar-refractivity contribution in [3.8, 4) is 17.0 Å². The highest BCUT2D eigenvalue weighted by Gasteiger charge is 2.16. The Morgan fingerprint density at radius 2 is 2.06 bits per heavy atom. The van der Waals surface area contributed by atoms with E-state index in [-0.39, 0.29) is 5.91 Å². The molecular weight excluding hydrogens is 504 g/mol. The van der Waals surface area contributed by atoms with Crippen LogP contribution in [-0.4, -0.2) is 26.9 Å². The van der Waals surface area contributed by atoms with Gasteiger partial charge in [0.15, 0.2) is 0 Å². The molecule has 4 aromatic rings. The summed E-state index contributed by atoms with van der Waals surface area (Å²) in [6, 6.07) is 17.0. The molecule has 33 heavy (non-hydrogen) atoms. The zero-order valence-electron chi connectivity index (χ0n) is 18.1. The maximum atomic E-state index is 12.6. The summed E-state index contributed by atoms with van der Waals surface area (Å²) in [5.74, 6) is 0.655. The van der Waals surface area contributed by atoms with Gasteiger partial charge in [-0.15, -0.1) is 0 Å². The highest BCUT2D eigenvalue weighted by atomic mass is 79.9. The van der Waals surface area contributed by atoms with Crippen LogP contribution in [0.1, 0.15) is 12.0 Å². The van der Waals surface area contributed by atoms with Gasteiger partial charge in [-0.3, -0.25) is 9.48 Å². The number of hydrogen-bond acceptors (Lipinski definition) is 3.